The number of hydrogen-bond donors (Lipinski definition) is 5. The molecular weight excluding hydrogens is 574 g/mol. The highest BCUT2D eigenvalue weighted by atomic mass is 16.4. The number of amides is 1. The molecule has 14 heteroatoms. The van der Waals surface area contributed by atoms with E-state index in [1.165, 1.54) is 13.0 Å². The van der Waals surface area contributed by atoms with Crippen LogP contribution in [-0.2, 0) is 19.2 Å². The number of carboxylic acids is 4. The topological polar surface area (TPSA) is 203 Å². The lowest BCUT2D eigenvalue weighted by Crippen LogP contribution is -2.39. The second kappa shape index (κ2) is 19.6. The van der Waals surface area contributed by atoms with Gasteiger partial charge in [0.1, 0.15) is 0 Å². The average Bonchev–Trinajstić information content (AvgIpc) is 3.35. The molecule has 1 aliphatic rings. The molecule has 2 aromatic rings. The maximum atomic E-state index is 12.8. The summed E-state index contributed by atoms with van der Waals surface area (Å²) < 4.78 is 1.94. The van der Waals surface area contributed by atoms with Crippen molar-refractivity contribution in [3.05, 3.63) is 54.3 Å². The summed E-state index contributed by atoms with van der Waals surface area (Å²) in [5.41, 5.74) is 1.57. The van der Waals surface area contributed by atoms with Crippen LogP contribution >= 0.6 is 0 Å². The molecule has 0 spiro atoms. The zero-order valence-electron chi connectivity index (χ0n) is 25.5. The quantitative estimate of drug-likeness (QED) is 0.218. The molecule has 0 radical (unpaired) electrons. The summed E-state index contributed by atoms with van der Waals surface area (Å²) in [6.45, 7) is 9.52. The van der Waals surface area contributed by atoms with Gasteiger partial charge in [-0.05, 0) is 85.4 Å². The summed E-state index contributed by atoms with van der Waals surface area (Å²) in [5, 5.41) is 39.9. The van der Waals surface area contributed by atoms with Gasteiger partial charge in [-0.3, -0.25) is 9.48 Å². The third-order valence-electron chi connectivity index (χ3n) is 6.39. The van der Waals surface area contributed by atoms with Crippen molar-refractivity contribution in [2.24, 2.45) is 5.92 Å². The molecule has 3 rings (SSSR count). The van der Waals surface area contributed by atoms with Gasteiger partial charge in [0.25, 0.3) is 5.91 Å². The summed E-state index contributed by atoms with van der Waals surface area (Å²) in [7, 11) is 4.25. The van der Waals surface area contributed by atoms with Crippen molar-refractivity contribution < 1.29 is 44.4 Å². The van der Waals surface area contributed by atoms with E-state index in [1.54, 1.807) is 0 Å². The second-order valence-corrected chi connectivity index (χ2v) is 10.6. The van der Waals surface area contributed by atoms with Gasteiger partial charge in [-0.2, -0.15) is 5.10 Å². The van der Waals surface area contributed by atoms with Crippen molar-refractivity contribution >= 4 is 40.7 Å². The SMILES string of the molecule is CC(C)n1nc(C(=O)NCC2CCN(CCCN(C)C)CC2)c2ccccc21.O=C(O)/C=C\C(=O)O.O=C(O)/C=C\C(=O)O. The number of aliphatic carboxylic acids is 4. The fraction of sp³-hybridized carbons (Fsp3) is 0.467. The number of nitrogens with one attached hydrogen (secondary N) is 1. The Labute approximate surface area is 256 Å². The summed E-state index contributed by atoms with van der Waals surface area (Å²) in [5.74, 6) is -4.52. The number of piperidine rings is 1. The largest absolute Gasteiger partial charge is 0.478 e. The molecule has 0 unspecified atom stereocenters. The van der Waals surface area contributed by atoms with Crippen LogP contribution in [0.25, 0.3) is 10.9 Å². The number of benzene rings is 1. The number of carbonyl (C=O) groups is 5. The van der Waals surface area contributed by atoms with Crippen molar-refractivity contribution in [2.45, 2.75) is 39.2 Å². The zero-order valence-corrected chi connectivity index (χ0v) is 25.5. The predicted molar refractivity (Wildman–Crippen MR) is 164 cm³/mol. The highest BCUT2D eigenvalue weighted by Gasteiger charge is 2.22. The van der Waals surface area contributed by atoms with E-state index < -0.39 is 23.9 Å². The Balaban J connectivity index is 0.000000498. The number of para-hydroxylation sites is 1. The van der Waals surface area contributed by atoms with Crippen LogP contribution in [0.3, 0.4) is 0 Å². The molecule has 1 aliphatic heterocycles. The van der Waals surface area contributed by atoms with E-state index in [2.05, 4.69) is 48.2 Å². The van der Waals surface area contributed by atoms with Gasteiger partial charge in [0, 0.05) is 42.3 Å². The first kappa shape index (κ1) is 37.5. The molecule has 1 amide bonds. The first-order valence-electron chi connectivity index (χ1n) is 14.1. The lowest BCUT2D eigenvalue weighted by molar-refractivity contribution is -0.134. The Morgan fingerprint density at radius 2 is 1.41 bits per heavy atom. The summed E-state index contributed by atoms with van der Waals surface area (Å²) in [6.07, 6.45) is 5.77. The molecule has 0 saturated carbocycles. The third kappa shape index (κ3) is 15.1. The summed E-state index contributed by atoms with van der Waals surface area (Å²) in [4.78, 5) is 55.8. The van der Waals surface area contributed by atoms with Gasteiger partial charge in [-0.1, -0.05) is 18.2 Å². The highest BCUT2D eigenvalue weighted by Crippen LogP contribution is 2.22. The van der Waals surface area contributed by atoms with E-state index in [0.717, 1.165) is 49.9 Å². The molecule has 1 aromatic carbocycles. The molecule has 0 bridgehead atoms. The number of fused-ring (bicyclic) bond motifs is 1. The maximum Gasteiger partial charge on any atom is 0.328 e. The fourth-order valence-electron chi connectivity index (χ4n) is 4.28. The Hall–Kier alpha value is -4.56. The number of carbonyl (C=O) groups excluding carboxylic acids is 1. The standard InChI is InChI=1S/C22H35N5O.2C4H4O4/c1-17(2)27-20-9-6-5-8-19(20)21(24-27)22(28)23-16-18-10-14-26(15-11-18)13-7-12-25(3)4;2*5-3(6)1-2-4(7)8/h5-6,8-9,17-18H,7,10-16H2,1-4H3,(H,23,28);2*1-2H,(H,5,6)(H,7,8)/b;2*2-1-. The number of carboxylic acid groups (broad SMARTS) is 4. The fourth-order valence-corrected chi connectivity index (χ4v) is 4.28. The molecule has 1 fully saturated rings. The molecule has 44 heavy (non-hydrogen) atoms. The van der Waals surface area contributed by atoms with Crippen LogP contribution in [0, 0.1) is 5.92 Å². The van der Waals surface area contributed by atoms with Crippen LogP contribution in [0.1, 0.15) is 49.6 Å². The first-order valence-corrected chi connectivity index (χ1v) is 14.1. The van der Waals surface area contributed by atoms with E-state index in [-0.39, 0.29) is 11.9 Å². The van der Waals surface area contributed by atoms with Crippen LogP contribution in [-0.4, -0.2) is 117 Å². The van der Waals surface area contributed by atoms with Crippen LogP contribution in [0.4, 0.5) is 0 Å². The van der Waals surface area contributed by atoms with E-state index >= 15 is 0 Å². The van der Waals surface area contributed by atoms with Crippen LogP contribution in [0.5, 0.6) is 0 Å². The van der Waals surface area contributed by atoms with Crippen LogP contribution in [0.15, 0.2) is 48.6 Å². The number of rotatable bonds is 12. The van der Waals surface area contributed by atoms with Crippen molar-refractivity contribution in [1.82, 2.24) is 24.9 Å². The van der Waals surface area contributed by atoms with E-state index in [1.807, 2.05) is 28.9 Å². The summed E-state index contributed by atoms with van der Waals surface area (Å²) in [6, 6.07) is 8.21. The van der Waals surface area contributed by atoms with Crippen molar-refractivity contribution in [3.63, 3.8) is 0 Å². The normalized spacial score (nSPS) is 13.9. The van der Waals surface area contributed by atoms with Crippen molar-refractivity contribution in [2.75, 3.05) is 46.8 Å². The van der Waals surface area contributed by atoms with Crippen LogP contribution in [0.2, 0.25) is 0 Å². The molecule has 5 N–H and O–H groups in total. The van der Waals surface area contributed by atoms with Gasteiger partial charge < -0.3 is 35.5 Å². The third-order valence-corrected chi connectivity index (χ3v) is 6.39. The minimum absolute atomic E-state index is 0.0518. The minimum atomic E-state index is -1.26. The number of aromatic nitrogens is 2. The first-order chi connectivity index (χ1) is 20.7. The molecule has 0 aliphatic carbocycles. The van der Waals surface area contributed by atoms with Gasteiger partial charge >= 0.3 is 23.9 Å². The maximum absolute atomic E-state index is 12.8. The zero-order chi connectivity index (χ0) is 33.2. The van der Waals surface area contributed by atoms with Gasteiger partial charge in [0.15, 0.2) is 5.69 Å². The van der Waals surface area contributed by atoms with E-state index in [9.17, 15) is 24.0 Å². The number of likely N-dealkylation sites (tertiary alicyclic amines) is 1. The van der Waals surface area contributed by atoms with Gasteiger partial charge in [-0.25, -0.2) is 19.2 Å². The lowest BCUT2D eigenvalue weighted by atomic mass is 9.96. The van der Waals surface area contributed by atoms with Gasteiger partial charge in [-0.15, -0.1) is 0 Å². The summed E-state index contributed by atoms with van der Waals surface area (Å²) >= 11 is 0. The number of nitrogens with zero attached hydrogens (tertiary/aromatic N) is 4. The highest BCUT2D eigenvalue weighted by molar-refractivity contribution is 6.04. The van der Waals surface area contributed by atoms with Crippen LogP contribution < -0.4 is 5.32 Å². The minimum Gasteiger partial charge on any atom is -0.478 e. The molecule has 0 atom stereocenters. The van der Waals surface area contributed by atoms with Crippen molar-refractivity contribution in [3.8, 4) is 0 Å². The average molecular weight is 618 g/mol. The second-order valence-electron chi connectivity index (χ2n) is 10.6. The van der Waals surface area contributed by atoms with E-state index in [0.29, 0.717) is 35.9 Å². The predicted octanol–water partition coefficient (Wildman–Crippen LogP) is 2.43. The Morgan fingerprint density at radius 1 is 0.909 bits per heavy atom. The number of hydrogen-bond acceptors (Lipinski definition) is 8. The van der Waals surface area contributed by atoms with Gasteiger partial charge in [0.2, 0.25) is 0 Å². The van der Waals surface area contributed by atoms with Crippen molar-refractivity contribution in [1.29, 1.82) is 0 Å². The van der Waals surface area contributed by atoms with E-state index in [4.69, 9.17) is 20.4 Å². The Morgan fingerprint density at radius 3 is 1.86 bits per heavy atom. The Bertz CT molecular complexity index is 1240. The van der Waals surface area contributed by atoms with Gasteiger partial charge in [0.05, 0.1) is 5.52 Å². The smallest absolute Gasteiger partial charge is 0.328 e. The molecule has 14 nitrogen and oxygen atoms in total. The molecule has 242 valence electrons. The lowest BCUT2D eigenvalue weighted by Gasteiger charge is -2.32. The molecule has 2 heterocycles. The molecule has 1 saturated heterocycles. The molecule has 1 aromatic heterocycles. The Kier molecular flexibility index (Phi) is 16.7. The molecular formula is C30H43N5O9. The monoisotopic (exact) mass is 617 g/mol.